The van der Waals surface area contributed by atoms with E-state index in [1.807, 2.05) is 0 Å². The van der Waals surface area contributed by atoms with Crippen LogP contribution in [0.3, 0.4) is 0 Å². The normalized spacial score (nSPS) is 9.18. The molecular weight excluding hydrogens is 462 g/mol. The Morgan fingerprint density at radius 3 is 1.76 bits per heavy atom. The molecule has 12 heteroatoms. The molecule has 2 aromatic carbocycles. The standard InChI is InChI=1S/C14H14N3O4S.C8H10N2O2/c1-3-21-14(19)11(8-15)13(22)17-16-12(18)9-4-6-10(20-2)7-5-9;1-12-7-4-2-6(3-5-7)8(11)10-9/h4-7H,3H2,1-2H3,(H,16,18)(H,17,22);2-5H,9H2,1H3,(H,10,11)/q-1;/p+1. The van der Waals surface area contributed by atoms with Crippen molar-refractivity contribution in [1.29, 1.82) is 0 Å². The molecule has 0 aliphatic carbocycles. The molecule has 6 N–H and O–H groups in total. The molecule has 2 amide bonds. The number of hydrazine groups is 1. The van der Waals surface area contributed by atoms with E-state index >= 15 is 0 Å². The number of ether oxygens (including phenoxy) is 3. The molecule has 0 heterocycles. The Morgan fingerprint density at radius 2 is 1.38 bits per heavy atom. The molecule has 0 unspecified atom stereocenters. The van der Waals surface area contributed by atoms with Gasteiger partial charge in [0, 0.05) is 11.1 Å². The van der Waals surface area contributed by atoms with Crippen LogP contribution in [0, 0.1) is 0 Å². The zero-order valence-electron chi connectivity index (χ0n) is 18.8. The molecular formula is C22H25N5O6S. The van der Waals surface area contributed by atoms with Crippen molar-refractivity contribution < 1.29 is 34.4 Å². The first-order valence-corrected chi connectivity index (χ1v) is 10.1. The van der Waals surface area contributed by atoms with Gasteiger partial charge in [-0.2, -0.15) is 0 Å². The van der Waals surface area contributed by atoms with Crippen LogP contribution in [0.4, 0.5) is 0 Å². The molecule has 2 aromatic rings. The Morgan fingerprint density at radius 1 is 0.912 bits per heavy atom. The smallest absolute Gasteiger partial charge is 0.347 e. The molecule has 0 aromatic heterocycles. The Hall–Kier alpha value is -4.25. The SMILES string of the molecule is CCOC(=O)C(=C=[N-])C(=S)NNC(=O)c1ccc(OC)cc1.COc1ccc(C(=O)N[NH3+])cc1. The van der Waals surface area contributed by atoms with Gasteiger partial charge in [-0.3, -0.25) is 32.2 Å². The molecule has 0 spiro atoms. The minimum absolute atomic E-state index is 0.116. The van der Waals surface area contributed by atoms with Crippen molar-refractivity contribution in [2.75, 3.05) is 20.8 Å². The summed E-state index contributed by atoms with van der Waals surface area (Å²) >= 11 is 4.87. The highest BCUT2D eigenvalue weighted by molar-refractivity contribution is 7.80. The van der Waals surface area contributed by atoms with Gasteiger partial charge in [0.25, 0.3) is 11.8 Å². The average molecular weight is 488 g/mol. The van der Waals surface area contributed by atoms with Gasteiger partial charge in [-0.05, 0) is 55.5 Å². The Kier molecular flexibility index (Phi) is 12.0. The summed E-state index contributed by atoms with van der Waals surface area (Å²) in [7, 11) is 3.10. The number of benzene rings is 2. The highest BCUT2D eigenvalue weighted by atomic mass is 32.1. The fraction of sp³-hybridized carbons (Fsp3) is 0.182. The second kappa shape index (κ2) is 14.7. The van der Waals surface area contributed by atoms with Crippen LogP contribution in [-0.4, -0.2) is 49.5 Å². The summed E-state index contributed by atoms with van der Waals surface area (Å²) in [5.74, 6) is 4.73. The monoisotopic (exact) mass is 487 g/mol. The first-order chi connectivity index (χ1) is 16.3. The number of esters is 1. The highest BCUT2D eigenvalue weighted by Gasteiger charge is 2.15. The predicted molar refractivity (Wildman–Crippen MR) is 128 cm³/mol. The largest absolute Gasteiger partial charge is 0.762 e. The fourth-order valence-corrected chi connectivity index (χ4v) is 2.41. The first kappa shape index (κ1) is 27.8. The quantitative estimate of drug-likeness (QED) is 0.145. The van der Waals surface area contributed by atoms with Crippen LogP contribution in [0.2, 0.25) is 0 Å². The van der Waals surface area contributed by atoms with E-state index in [9.17, 15) is 14.4 Å². The molecule has 0 saturated carbocycles. The Bertz CT molecular complexity index is 1050. The number of carbonyl (C=O) groups is 3. The number of methoxy groups -OCH3 is 2. The van der Waals surface area contributed by atoms with Crippen LogP contribution in [0.1, 0.15) is 27.6 Å². The number of thiocarbonyl (C=S) groups is 1. The van der Waals surface area contributed by atoms with E-state index in [2.05, 4.69) is 26.9 Å². The number of nitrogens with zero attached hydrogens (tertiary/aromatic N) is 1. The number of carbonyl (C=O) groups excluding carboxylic acids is 3. The van der Waals surface area contributed by atoms with E-state index < -0.39 is 11.9 Å². The van der Waals surface area contributed by atoms with Crippen molar-refractivity contribution >= 4 is 40.9 Å². The van der Waals surface area contributed by atoms with Gasteiger partial charge < -0.3 is 19.6 Å². The van der Waals surface area contributed by atoms with Crippen LogP contribution in [0.25, 0.3) is 5.41 Å². The zero-order chi connectivity index (χ0) is 25.5. The third-order valence-electron chi connectivity index (χ3n) is 3.97. The van der Waals surface area contributed by atoms with Gasteiger partial charge in [0.1, 0.15) is 22.1 Å². The topological polar surface area (TPSA) is 165 Å². The summed E-state index contributed by atoms with van der Waals surface area (Å²) in [5, 5.41) is 8.89. The molecule has 0 radical (unpaired) electrons. The summed E-state index contributed by atoms with van der Waals surface area (Å²) < 4.78 is 14.6. The Balaban J connectivity index is 0.000000404. The van der Waals surface area contributed by atoms with Crippen LogP contribution in [-0.2, 0) is 9.53 Å². The lowest BCUT2D eigenvalue weighted by molar-refractivity contribution is -0.422. The number of nitrogens with one attached hydrogen (secondary N) is 3. The predicted octanol–water partition coefficient (Wildman–Crippen LogP) is 0.568. The number of amides is 2. The molecule has 0 saturated heterocycles. The van der Waals surface area contributed by atoms with E-state index in [4.69, 9.17) is 27.1 Å². The summed E-state index contributed by atoms with van der Waals surface area (Å²) in [6, 6.07) is 13.2. The lowest BCUT2D eigenvalue weighted by atomic mass is 10.2. The van der Waals surface area contributed by atoms with Crippen LogP contribution in [0.15, 0.2) is 54.1 Å². The summed E-state index contributed by atoms with van der Waals surface area (Å²) in [6.45, 7) is 1.72. The van der Waals surface area contributed by atoms with Gasteiger partial charge >= 0.3 is 5.97 Å². The summed E-state index contributed by atoms with van der Waals surface area (Å²) in [4.78, 5) is 34.1. The highest BCUT2D eigenvalue weighted by Crippen LogP contribution is 2.11. The van der Waals surface area contributed by atoms with E-state index in [1.165, 1.54) is 7.11 Å². The number of rotatable bonds is 7. The van der Waals surface area contributed by atoms with Crippen LogP contribution >= 0.6 is 12.2 Å². The summed E-state index contributed by atoms with van der Waals surface area (Å²) in [5.41, 5.74) is 7.47. The van der Waals surface area contributed by atoms with Crippen molar-refractivity contribution in [2.45, 2.75) is 6.92 Å². The maximum atomic E-state index is 11.9. The molecule has 180 valence electrons. The number of hydrogen-bond acceptors (Lipinski definition) is 7. The number of hydrogen-bond donors (Lipinski definition) is 4. The lowest BCUT2D eigenvalue weighted by Gasteiger charge is -2.11. The molecule has 0 aliphatic heterocycles. The van der Waals surface area contributed by atoms with E-state index in [-0.39, 0.29) is 23.1 Å². The second-order valence-electron chi connectivity index (χ2n) is 6.08. The molecule has 11 nitrogen and oxygen atoms in total. The van der Waals surface area contributed by atoms with Crippen molar-refractivity contribution in [3.05, 3.63) is 70.6 Å². The molecule has 34 heavy (non-hydrogen) atoms. The molecule has 2 rings (SSSR count). The molecule has 0 bridgehead atoms. The first-order valence-electron chi connectivity index (χ1n) is 9.71. The minimum Gasteiger partial charge on any atom is -0.762 e. The fourth-order valence-electron chi connectivity index (χ4n) is 2.23. The minimum atomic E-state index is -0.846. The molecule has 0 fully saturated rings. The number of quaternary nitrogens is 1. The third kappa shape index (κ3) is 8.71. The van der Waals surface area contributed by atoms with Gasteiger partial charge in [0.05, 0.1) is 20.8 Å². The van der Waals surface area contributed by atoms with Crippen molar-refractivity contribution in [3.8, 4) is 11.5 Å². The van der Waals surface area contributed by atoms with E-state index in [0.717, 1.165) is 5.75 Å². The molecule has 0 aliphatic rings. The third-order valence-corrected chi connectivity index (χ3v) is 4.28. The second-order valence-corrected chi connectivity index (χ2v) is 6.49. The van der Waals surface area contributed by atoms with Crippen LogP contribution in [0.5, 0.6) is 11.5 Å². The lowest BCUT2D eigenvalue weighted by Crippen LogP contribution is -2.67. The van der Waals surface area contributed by atoms with E-state index in [0.29, 0.717) is 16.9 Å². The van der Waals surface area contributed by atoms with Gasteiger partial charge in [-0.15, -0.1) is 0 Å². The van der Waals surface area contributed by atoms with E-state index in [1.54, 1.807) is 68.4 Å². The van der Waals surface area contributed by atoms with Crippen molar-refractivity contribution in [3.63, 3.8) is 0 Å². The van der Waals surface area contributed by atoms with Gasteiger partial charge in [0.15, 0.2) is 0 Å². The summed E-state index contributed by atoms with van der Waals surface area (Å²) in [6.07, 6.45) is 0. The zero-order valence-corrected chi connectivity index (χ0v) is 19.7. The van der Waals surface area contributed by atoms with Gasteiger partial charge in [-0.25, -0.2) is 10.2 Å². The van der Waals surface area contributed by atoms with Gasteiger partial charge in [0.2, 0.25) is 0 Å². The van der Waals surface area contributed by atoms with Crippen molar-refractivity contribution in [1.82, 2.24) is 16.3 Å². The maximum Gasteiger partial charge on any atom is 0.347 e. The average Bonchev–Trinajstić information content (AvgIpc) is 2.87. The molecule has 0 atom stereocenters. The maximum absolute atomic E-state index is 11.9. The Labute approximate surface area is 201 Å². The van der Waals surface area contributed by atoms with Gasteiger partial charge in [-0.1, -0.05) is 12.2 Å². The van der Waals surface area contributed by atoms with Crippen molar-refractivity contribution in [2.24, 2.45) is 0 Å². The van der Waals surface area contributed by atoms with Crippen LogP contribution < -0.4 is 31.6 Å².